The second kappa shape index (κ2) is 6.11. The maximum Gasteiger partial charge on any atom is 0.311 e. The number of nitro benzene ring substituents is 1. The van der Waals surface area contributed by atoms with Crippen LogP contribution >= 0.6 is 23.2 Å². The van der Waals surface area contributed by atoms with Crippen LogP contribution in [0.1, 0.15) is 11.1 Å². The first kappa shape index (κ1) is 14.6. The molecule has 0 aliphatic rings. The van der Waals surface area contributed by atoms with Crippen molar-refractivity contribution in [3.8, 4) is 11.5 Å². The van der Waals surface area contributed by atoms with E-state index in [2.05, 4.69) is 0 Å². The van der Waals surface area contributed by atoms with Crippen LogP contribution in [-0.4, -0.2) is 4.92 Å². The first-order chi connectivity index (χ1) is 9.52. The summed E-state index contributed by atoms with van der Waals surface area (Å²) in [6, 6.07) is 9.77. The highest BCUT2D eigenvalue weighted by molar-refractivity contribution is 6.32. The van der Waals surface area contributed by atoms with Gasteiger partial charge >= 0.3 is 5.69 Å². The average Bonchev–Trinajstić information content (AvgIpc) is 2.41. The SMILES string of the molecule is Cc1cccc([N+](=O)[O-])c1Oc1ccc(CCl)c(Cl)c1. The lowest BCUT2D eigenvalue weighted by Crippen LogP contribution is -1.95. The van der Waals surface area contributed by atoms with Crippen LogP contribution in [-0.2, 0) is 5.88 Å². The second-order valence-corrected chi connectivity index (χ2v) is 4.84. The van der Waals surface area contributed by atoms with E-state index in [1.54, 1.807) is 37.3 Å². The number of alkyl halides is 1. The summed E-state index contributed by atoms with van der Waals surface area (Å²) >= 11 is 11.8. The van der Waals surface area contributed by atoms with Gasteiger partial charge in [-0.15, -0.1) is 11.6 Å². The van der Waals surface area contributed by atoms with Gasteiger partial charge in [0.2, 0.25) is 5.75 Å². The molecule has 0 N–H and O–H groups in total. The number of halogens is 2. The molecule has 2 aromatic rings. The molecule has 0 aliphatic carbocycles. The highest BCUT2D eigenvalue weighted by atomic mass is 35.5. The summed E-state index contributed by atoms with van der Waals surface area (Å²) in [5.41, 5.74) is 1.37. The Balaban J connectivity index is 2.39. The van der Waals surface area contributed by atoms with Crippen molar-refractivity contribution in [1.29, 1.82) is 0 Å². The lowest BCUT2D eigenvalue weighted by Gasteiger charge is -2.10. The molecule has 6 heteroatoms. The van der Waals surface area contributed by atoms with Crippen molar-refractivity contribution in [3.63, 3.8) is 0 Å². The largest absolute Gasteiger partial charge is 0.450 e. The number of aryl methyl sites for hydroxylation is 1. The molecule has 0 bridgehead atoms. The van der Waals surface area contributed by atoms with Crippen molar-refractivity contribution in [2.75, 3.05) is 0 Å². The van der Waals surface area contributed by atoms with E-state index in [9.17, 15) is 10.1 Å². The summed E-state index contributed by atoms with van der Waals surface area (Å²) in [5, 5.41) is 11.5. The van der Waals surface area contributed by atoms with E-state index in [1.807, 2.05) is 0 Å². The van der Waals surface area contributed by atoms with Gasteiger partial charge in [-0.2, -0.15) is 0 Å². The molecule has 2 rings (SSSR count). The molecule has 0 amide bonds. The molecule has 0 heterocycles. The summed E-state index contributed by atoms with van der Waals surface area (Å²) in [6.07, 6.45) is 0. The molecule has 4 nitrogen and oxygen atoms in total. The molecule has 0 radical (unpaired) electrons. The zero-order valence-electron chi connectivity index (χ0n) is 10.6. The van der Waals surface area contributed by atoms with Crippen LogP contribution in [0.5, 0.6) is 11.5 Å². The first-order valence-electron chi connectivity index (χ1n) is 5.79. The summed E-state index contributed by atoms with van der Waals surface area (Å²) in [4.78, 5) is 10.5. The second-order valence-electron chi connectivity index (χ2n) is 4.17. The molecular weight excluding hydrogens is 301 g/mol. The Morgan fingerprint density at radius 1 is 1.30 bits per heavy atom. The summed E-state index contributed by atoms with van der Waals surface area (Å²) in [5.74, 6) is 0.942. The Morgan fingerprint density at radius 2 is 2.05 bits per heavy atom. The van der Waals surface area contributed by atoms with Crippen molar-refractivity contribution >= 4 is 28.9 Å². The topological polar surface area (TPSA) is 52.4 Å². The molecular formula is C14H11Cl2NO3. The number of rotatable bonds is 4. The van der Waals surface area contributed by atoms with E-state index >= 15 is 0 Å². The standard InChI is InChI=1S/C14H11Cl2NO3/c1-9-3-2-4-13(17(18)19)14(9)20-11-6-5-10(8-15)12(16)7-11/h2-7H,8H2,1H3. The minimum atomic E-state index is -0.475. The quantitative estimate of drug-likeness (QED) is 0.449. The minimum Gasteiger partial charge on any atom is -0.450 e. The molecule has 0 saturated carbocycles. The van der Waals surface area contributed by atoms with Crippen molar-refractivity contribution in [3.05, 3.63) is 62.7 Å². The predicted octanol–water partition coefficient (Wildman–Crippen LogP) is 5.09. The van der Waals surface area contributed by atoms with E-state index in [0.717, 1.165) is 5.56 Å². The molecule has 2 aromatic carbocycles. The fourth-order valence-electron chi connectivity index (χ4n) is 1.73. The molecule has 0 aliphatic heterocycles. The third kappa shape index (κ3) is 3.03. The van der Waals surface area contributed by atoms with Crippen LogP contribution in [0.15, 0.2) is 36.4 Å². The van der Waals surface area contributed by atoms with E-state index in [4.69, 9.17) is 27.9 Å². The summed E-state index contributed by atoms with van der Waals surface area (Å²) < 4.78 is 5.61. The predicted molar refractivity (Wildman–Crippen MR) is 78.9 cm³/mol. The Kier molecular flexibility index (Phi) is 4.47. The zero-order chi connectivity index (χ0) is 14.7. The third-order valence-electron chi connectivity index (χ3n) is 2.78. The first-order valence-corrected chi connectivity index (χ1v) is 6.70. The molecule has 0 fully saturated rings. The van der Waals surface area contributed by atoms with Crippen LogP contribution in [0.3, 0.4) is 0 Å². The summed E-state index contributed by atoms with van der Waals surface area (Å²) in [6.45, 7) is 1.75. The van der Waals surface area contributed by atoms with Gasteiger partial charge in [-0.3, -0.25) is 10.1 Å². The van der Waals surface area contributed by atoms with Crippen molar-refractivity contribution in [2.45, 2.75) is 12.8 Å². The van der Waals surface area contributed by atoms with Gasteiger partial charge in [0, 0.05) is 17.0 Å². The van der Waals surface area contributed by atoms with Gasteiger partial charge in [0.15, 0.2) is 0 Å². The van der Waals surface area contributed by atoms with Crippen LogP contribution < -0.4 is 4.74 Å². The van der Waals surface area contributed by atoms with Crippen molar-refractivity contribution in [2.24, 2.45) is 0 Å². The van der Waals surface area contributed by atoms with Gasteiger partial charge < -0.3 is 4.74 Å². The number of hydrogen-bond donors (Lipinski definition) is 0. The number of nitro groups is 1. The van der Waals surface area contributed by atoms with Crippen LogP contribution in [0.25, 0.3) is 0 Å². The van der Waals surface area contributed by atoms with E-state index < -0.39 is 4.92 Å². The average molecular weight is 312 g/mol. The maximum absolute atomic E-state index is 11.0. The van der Waals surface area contributed by atoms with Gasteiger partial charge in [0.1, 0.15) is 5.75 Å². The Hall–Kier alpha value is -1.78. The van der Waals surface area contributed by atoms with Gasteiger partial charge in [0.05, 0.1) is 4.92 Å². The van der Waals surface area contributed by atoms with Crippen molar-refractivity contribution < 1.29 is 9.66 Å². The lowest BCUT2D eigenvalue weighted by atomic mass is 10.2. The highest BCUT2D eigenvalue weighted by Gasteiger charge is 2.18. The smallest absolute Gasteiger partial charge is 0.311 e. The molecule has 0 aromatic heterocycles. The number of nitrogens with zero attached hydrogens (tertiary/aromatic N) is 1. The summed E-state index contributed by atoms with van der Waals surface area (Å²) in [7, 11) is 0. The van der Waals surface area contributed by atoms with Gasteiger partial charge in [-0.25, -0.2) is 0 Å². The van der Waals surface area contributed by atoms with Gasteiger partial charge in [-0.1, -0.05) is 29.8 Å². The Bertz CT molecular complexity index is 659. The fraction of sp³-hybridized carbons (Fsp3) is 0.143. The van der Waals surface area contributed by atoms with Crippen LogP contribution in [0.2, 0.25) is 5.02 Å². The number of benzene rings is 2. The van der Waals surface area contributed by atoms with Gasteiger partial charge in [0.25, 0.3) is 0 Å². The molecule has 0 spiro atoms. The number of ether oxygens (including phenoxy) is 1. The Morgan fingerprint density at radius 3 is 2.65 bits per heavy atom. The maximum atomic E-state index is 11.0. The minimum absolute atomic E-state index is 0.0810. The molecule has 0 saturated heterocycles. The number of hydrogen-bond acceptors (Lipinski definition) is 3. The molecule has 0 unspecified atom stereocenters. The third-order valence-corrected chi connectivity index (χ3v) is 3.42. The van der Waals surface area contributed by atoms with Gasteiger partial charge in [-0.05, 0) is 30.2 Å². The molecule has 104 valence electrons. The molecule has 20 heavy (non-hydrogen) atoms. The normalized spacial score (nSPS) is 10.3. The van der Waals surface area contributed by atoms with E-state index in [-0.39, 0.29) is 11.4 Å². The zero-order valence-corrected chi connectivity index (χ0v) is 12.1. The fourth-order valence-corrected chi connectivity index (χ4v) is 2.27. The Labute approximate surface area is 126 Å². The van der Waals surface area contributed by atoms with Crippen molar-refractivity contribution in [1.82, 2.24) is 0 Å². The molecule has 0 atom stereocenters. The number of para-hydroxylation sites is 1. The van der Waals surface area contributed by atoms with E-state index in [1.165, 1.54) is 6.07 Å². The van der Waals surface area contributed by atoms with Crippen LogP contribution in [0.4, 0.5) is 5.69 Å². The van der Waals surface area contributed by atoms with Crippen LogP contribution in [0, 0.1) is 17.0 Å². The highest BCUT2D eigenvalue weighted by Crippen LogP contribution is 2.35. The monoisotopic (exact) mass is 311 g/mol. The van der Waals surface area contributed by atoms with E-state index in [0.29, 0.717) is 22.2 Å². The lowest BCUT2D eigenvalue weighted by molar-refractivity contribution is -0.385.